The van der Waals surface area contributed by atoms with Crippen molar-refractivity contribution in [1.82, 2.24) is 0 Å². The Balaban J connectivity index is 1.95. The summed E-state index contributed by atoms with van der Waals surface area (Å²) in [5.41, 5.74) is 4.24. The minimum atomic E-state index is -0.343. The van der Waals surface area contributed by atoms with Gasteiger partial charge in [-0.1, -0.05) is 12.1 Å². The topological polar surface area (TPSA) is 60.4 Å². The van der Waals surface area contributed by atoms with Crippen LogP contribution in [0.2, 0.25) is 0 Å². The molecule has 0 radical (unpaired) electrons. The van der Waals surface area contributed by atoms with E-state index in [2.05, 4.69) is 0 Å². The van der Waals surface area contributed by atoms with E-state index in [4.69, 9.17) is 8.83 Å². The van der Waals surface area contributed by atoms with Crippen LogP contribution in [0.4, 0.5) is 0 Å². The van der Waals surface area contributed by atoms with Gasteiger partial charge in [-0.3, -0.25) is 0 Å². The lowest BCUT2D eigenvalue weighted by Crippen LogP contribution is -1.98. The standard InChI is InChI=1S/C20H14O4/c1-11-7-19(21)23-17-5-3-13(9-15(11)17)14-4-6-18-16(10-14)12(2)8-20(22)24-18/h3-10H,1-2H3. The lowest BCUT2D eigenvalue weighted by molar-refractivity contribution is 0.559. The fourth-order valence-electron chi connectivity index (χ4n) is 3.00. The third kappa shape index (κ3) is 2.33. The molecule has 0 saturated heterocycles. The predicted molar refractivity (Wildman–Crippen MR) is 93.4 cm³/mol. The molecule has 0 unspecified atom stereocenters. The highest BCUT2D eigenvalue weighted by Crippen LogP contribution is 2.28. The van der Waals surface area contributed by atoms with Gasteiger partial charge < -0.3 is 8.83 Å². The van der Waals surface area contributed by atoms with Crippen LogP contribution in [0.25, 0.3) is 33.1 Å². The molecule has 4 rings (SSSR count). The summed E-state index contributed by atoms with van der Waals surface area (Å²) in [5.74, 6) is 0. The monoisotopic (exact) mass is 318 g/mol. The van der Waals surface area contributed by atoms with Crippen molar-refractivity contribution in [3.05, 3.63) is 80.5 Å². The van der Waals surface area contributed by atoms with E-state index in [0.29, 0.717) is 11.2 Å². The molecule has 2 heterocycles. The van der Waals surface area contributed by atoms with Crippen LogP contribution in [0, 0.1) is 13.8 Å². The predicted octanol–water partition coefficient (Wildman–Crippen LogP) is 4.18. The van der Waals surface area contributed by atoms with Crippen LogP contribution in [0.1, 0.15) is 11.1 Å². The first-order valence-electron chi connectivity index (χ1n) is 7.61. The Labute approximate surface area is 137 Å². The maximum absolute atomic E-state index is 11.5. The van der Waals surface area contributed by atoms with Gasteiger partial charge in [0, 0.05) is 22.9 Å². The average Bonchev–Trinajstić information content (AvgIpc) is 2.54. The number of rotatable bonds is 1. The number of benzene rings is 2. The molecule has 4 heteroatoms. The molecule has 2 aromatic carbocycles. The second kappa shape index (κ2) is 5.20. The van der Waals surface area contributed by atoms with Crippen LogP contribution in [0.15, 0.2) is 67.0 Å². The molecule has 0 saturated carbocycles. The number of fused-ring (bicyclic) bond motifs is 2. The lowest BCUT2D eigenvalue weighted by Gasteiger charge is -2.07. The largest absolute Gasteiger partial charge is 0.423 e. The molecule has 4 nitrogen and oxygen atoms in total. The van der Waals surface area contributed by atoms with Crippen molar-refractivity contribution in [3.63, 3.8) is 0 Å². The quantitative estimate of drug-likeness (QED) is 0.494. The molecule has 0 spiro atoms. The van der Waals surface area contributed by atoms with Gasteiger partial charge in [-0.25, -0.2) is 9.59 Å². The summed E-state index contributed by atoms with van der Waals surface area (Å²) in [6, 6.07) is 14.4. The Morgan fingerprint density at radius 3 is 1.46 bits per heavy atom. The van der Waals surface area contributed by atoms with Crippen LogP contribution in [0.5, 0.6) is 0 Å². The molecular weight excluding hydrogens is 304 g/mol. The Hall–Kier alpha value is -3.14. The number of hydrogen-bond acceptors (Lipinski definition) is 4. The Kier molecular flexibility index (Phi) is 3.13. The van der Waals surface area contributed by atoms with Gasteiger partial charge in [-0.15, -0.1) is 0 Å². The van der Waals surface area contributed by atoms with Crippen molar-refractivity contribution in [2.45, 2.75) is 13.8 Å². The normalized spacial score (nSPS) is 11.2. The second-order valence-corrected chi connectivity index (χ2v) is 5.92. The molecule has 118 valence electrons. The fourth-order valence-corrected chi connectivity index (χ4v) is 3.00. The van der Waals surface area contributed by atoms with Crippen molar-refractivity contribution in [2.24, 2.45) is 0 Å². The molecule has 0 amide bonds. The summed E-state index contributed by atoms with van der Waals surface area (Å²) in [5, 5.41) is 1.81. The first-order chi connectivity index (χ1) is 11.5. The summed E-state index contributed by atoms with van der Waals surface area (Å²) >= 11 is 0. The highest BCUT2D eigenvalue weighted by Gasteiger charge is 2.08. The molecule has 24 heavy (non-hydrogen) atoms. The van der Waals surface area contributed by atoms with E-state index >= 15 is 0 Å². The highest BCUT2D eigenvalue weighted by atomic mass is 16.4. The molecule has 0 N–H and O–H groups in total. The van der Waals surface area contributed by atoms with Crippen molar-refractivity contribution in [3.8, 4) is 11.1 Å². The minimum Gasteiger partial charge on any atom is -0.423 e. The Morgan fingerprint density at radius 2 is 1.04 bits per heavy atom. The summed E-state index contributed by atoms with van der Waals surface area (Å²) in [6.07, 6.45) is 0. The third-order valence-corrected chi connectivity index (χ3v) is 4.23. The van der Waals surface area contributed by atoms with Crippen molar-refractivity contribution < 1.29 is 8.83 Å². The van der Waals surface area contributed by atoms with Gasteiger partial charge in [0.15, 0.2) is 0 Å². The van der Waals surface area contributed by atoms with E-state index in [9.17, 15) is 9.59 Å². The van der Waals surface area contributed by atoms with E-state index in [1.807, 2.05) is 38.1 Å². The summed E-state index contributed by atoms with van der Waals surface area (Å²) in [6.45, 7) is 3.78. The molecule has 0 aliphatic rings. The molecule has 0 atom stereocenters. The zero-order valence-electron chi connectivity index (χ0n) is 13.3. The smallest absolute Gasteiger partial charge is 0.336 e. The van der Waals surface area contributed by atoms with Crippen LogP contribution in [-0.4, -0.2) is 0 Å². The Bertz CT molecular complexity index is 1110. The zero-order chi connectivity index (χ0) is 16.8. The molecule has 0 fully saturated rings. The molecule has 0 aliphatic carbocycles. The average molecular weight is 318 g/mol. The number of hydrogen-bond donors (Lipinski definition) is 0. The van der Waals surface area contributed by atoms with Gasteiger partial charge in [-0.05, 0) is 60.4 Å². The van der Waals surface area contributed by atoms with Gasteiger partial charge in [0.25, 0.3) is 0 Å². The van der Waals surface area contributed by atoms with Gasteiger partial charge in [0.05, 0.1) is 0 Å². The lowest BCUT2D eigenvalue weighted by atomic mass is 9.99. The first-order valence-corrected chi connectivity index (χ1v) is 7.61. The highest BCUT2D eigenvalue weighted by molar-refractivity contribution is 5.89. The van der Waals surface area contributed by atoms with Crippen LogP contribution < -0.4 is 11.3 Å². The zero-order valence-corrected chi connectivity index (χ0v) is 13.3. The van der Waals surface area contributed by atoms with Crippen molar-refractivity contribution >= 4 is 21.9 Å². The van der Waals surface area contributed by atoms with Crippen molar-refractivity contribution in [2.75, 3.05) is 0 Å². The maximum atomic E-state index is 11.5. The number of aryl methyl sites for hydroxylation is 2. The van der Waals surface area contributed by atoms with E-state index in [0.717, 1.165) is 33.0 Å². The van der Waals surface area contributed by atoms with Crippen LogP contribution in [0.3, 0.4) is 0 Å². The molecule has 0 aliphatic heterocycles. The summed E-state index contributed by atoms with van der Waals surface area (Å²) in [4.78, 5) is 22.9. The van der Waals surface area contributed by atoms with Crippen molar-refractivity contribution in [1.29, 1.82) is 0 Å². The SMILES string of the molecule is Cc1cc(=O)oc2ccc(-c3ccc4oc(=O)cc(C)c4c3)cc12. The molecule has 2 aromatic heterocycles. The van der Waals surface area contributed by atoms with Gasteiger partial charge in [0.2, 0.25) is 0 Å². The summed E-state index contributed by atoms with van der Waals surface area (Å²) < 4.78 is 10.5. The van der Waals surface area contributed by atoms with E-state index in [-0.39, 0.29) is 11.3 Å². The fraction of sp³-hybridized carbons (Fsp3) is 0.100. The van der Waals surface area contributed by atoms with Gasteiger partial charge in [0.1, 0.15) is 11.2 Å². The van der Waals surface area contributed by atoms with E-state index in [1.165, 1.54) is 12.1 Å². The first kappa shape index (κ1) is 14.5. The minimum absolute atomic E-state index is 0.343. The van der Waals surface area contributed by atoms with Crippen LogP contribution in [-0.2, 0) is 0 Å². The molecule has 4 aromatic rings. The summed E-state index contributed by atoms with van der Waals surface area (Å²) in [7, 11) is 0. The van der Waals surface area contributed by atoms with E-state index < -0.39 is 0 Å². The Morgan fingerprint density at radius 1 is 0.625 bits per heavy atom. The molecule has 0 bridgehead atoms. The van der Waals surface area contributed by atoms with E-state index in [1.54, 1.807) is 12.1 Å². The molecular formula is C20H14O4. The van der Waals surface area contributed by atoms with Gasteiger partial charge >= 0.3 is 11.3 Å². The maximum Gasteiger partial charge on any atom is 0.336 e. The third-order valence-electron chi connectivity index (χ3n) is 4.23. The van der Waals surface area contributed by atoms with Crippen LogP contribution >= 0.6 is 0 Å². The van der Waals surface area contributed by atoms with Gasteiger partial charge in [-0.2, -0.15) is 0 Å². The second-order valence-electron chi connectivity index (χ2n) is 5.92.